The summed E-state index contributed by atoms with van der Waals surface area (Å²) in [5, 5.41) is 1.40. The van der Waals surface area contributed by atoms with E-state index in [4.69, 9.17) is 4.74 Å². The first-order chi connectivity index (χ1) is 14.7. The third kappa shape index (κ3) is 4.25. The molecular formula is C25H28N2O3. The second-order valence-electron chi connectivity index (χ2n) is 7.77. The number of carbonyl (C=O) groups excluding carboxylic acids is 2. The van der Waals surface area contributed by atoms with Crippen molar-refractivity contribution in [1.82, 2.24) is 4.57 Å². The van der Waals surface area contributed by atoms with Crippen LogP contribution in [0.25, 0.3) is 10.9 Å². The maximum Gasteiger partial charge on any atom is 0.376 e. The van der Waals surface area contributed by atoms with Crippen LogP contribution in [-0.2, 0) is 33.7 Å². The molecule has 156 valence electrons. The molecule has 5 heteroatoms. The van der Waals surface area contributed by atoms with Gasteiger partial charge >= 0.3 is 5.97 Å². The second kappa shape index (κ2) is 9.16. The van der Waals surface area contributed by atoms with E-state index in [2.05, 4.69) is 41.1 Å². The van der Waals surface area contributed by atoms with Crippen LogP contribution in [0.2, 0.25) is 0 Å². The van der Waals surface area contributed by atoms with Gasteiger partial charge in [0.25, 0.3) is 5.78 Å². The van der Waals surface area contributed by atoms with E-state index in [-0.39, 0.29) is 13.2 Å². The molecule has 0 amide bonds. The van der Waals surface area contributed by atoms with Crippen LogP contribution < -0.4 is 4.90 Å². The summed E-state index contributed by atoms with van der Waals surface area (Å²) in [6, 6.07) is 16.8. The standard InChI is InChI=1S/C14H17NO3.C11H11N/c1-2-18-14(17)13(16)10-15-9-5-7-11-6-3-4-8-12(11)15;1-3-9-5-2-7-12-8-6-10(4-1)11(9)12/h3-4,6,8H,2,5,7,9-10H2,1H3;1,3-4,6,8H,2,5,7H2. The van der Waals surface area contributed by atoms with Crippen molar-refractivity contribution in [3.63, 3.8) is 0 Å². The van der Waals surface area contributed by atoms with Gasteiger partial charge in [-0.25, -0.2) is 4.79 Å². The third-order valence-electron chi connectivity index (χ3n) is 5.76. The molecule has 0 aliphatic carbocycles. The highest BCUT2D eigenvalue weighted by Gasteiger charge is 2.22. The van der Waals surface area contributed by atoms with Crippen LogP contribution in [0.3, 0.4) is 0 Å². The number of Topliss-reactive ketones (excluding diaryl/α,β-unsaturated/α-hetero) is 1. The van der Waals surface area contributed by atoms with Gasteiger partial charge in [0.05, 0.1) is 18.7 Å². The topological polar surface area (TPSA) is 51.5 Å². The lowest BCUT2D eigenvalue weighted by Gasteiger charge is -2.30. The largest absolute Gasteiger partial charge is 0.460 e. The highest BCUT2D eigenvalue weighted by atomic mass is 16.5. The van der Waals surface area contributed by atoms with E-state index in [1.807, 2.05) is 23.1 Å². The summed E-state index contributed by atoms with van der Waals surface area (Å²) in [7, 11) is 0. The van der Waals surface area contributed by atoms with Gasteiger partial charge in [-0.15, -0.1) is 0 Å². The quantitative estimate of drug-likeness (QED) is 0.484. The highest BCUT2D eigenvalue weighted by Crippen LogP contribution is 2.26. The van der Waals surface area contributed by atoms with Crippen molar-refractivity contribution in [2.45, 2.75) is 39.2 Å². The van der Waals surface area contributed by atoms with Gasteiger partial charge in [0.2, 0.25) is 0 Å². The Morgan fingerprint density at radius 2 is 1.70 bits per heavy atom. The van der Waals surface area contributed by atoms with Gasteiger partial charge in [-0.3, -0.25) is 4.79 Å². The Hall–Kier alpha value is -3.08. The Morgan fingerprint density at radius 1 is 0.933 bits per heavy atom. The van der Waals surface area contributed by atoms with E-state index in [0.29, 0.717) is 0 Å². The van der Waals surface area contributed by atoms with E-state index in [1.165, 1.54) is 41.4 Å². The lowest BCUT2D eigenvalue weighted by molar-refractivity contribution is -0.152. The number of ketones is 1. The minimum Gasteiger partial charge on any atom is -0.460 e. The van der Waals surface area contributed by atoms with Gasteiger partial charge in [0.1, 0.15) is 0 Å². The Bertz CT molecular complexity index is 1050. The predicted octanol–water partition coefficient (Wildman–Crippen LogP) is 4.16. The molecule has 2 aliphatic rings. The lowest BCUT2D eigenvalue weighted by atomic mass is 10.0. The number of hydrogen-bond acceptors (Lipinski definition) is 4. The van der Waals surface area contributed by atoms with Gasteiger partial charge < -0.3 is 14.2 Å². The number of ether oxygens (including phenoxy) is 1. The van der Waals surface area contributed by atoms with Gasteiger partial charge in [-0.05, 0) is 61.3 Å². The fourth-order valence-electron chi connectivity index (χ4n) is 4.39. The van der Waals surface area contributed by atoms with Gasteiger partial charge in [0.15, 0.2) is 0 Å². The van der Waals surface area contributed by atoms with Gasteiger partial charge in [0, 0.05) is 25.0 Å². The summed E-state index contributed by atoms with van der Waals surface area (Å²) in [4.78, 5) is 25.0. The molecule has 0 fully saturated rings. The van der Waals surface area contributed by atoms with Crippen LogP contribution in [0.1, 0.15) is 30.9 Å². The number of rotatable bonds is 4. The number of fused-ring (bicyclic) bond motifs is 1. The number of benzene rings is 2. The third-order valence-corrected chi connectivity index (χ3v) is 5.76. The molecule has 0 atom stereocenters. The molecule has 3 aromatic rings. The fraction of sp³-hybridized carbons (Fsp3) is 0.360. The highest BCUT2D eigenvalue weighted by molar-refractivity contribution is 6.35. The lowest BCUT2D eigenvalue weighted by Crippen LogP contribution is -2.37. The molecule has 0 saturated carbocycles. The van der Waals surface area contributed by atoms with E-state index >= 15 is 0 Å². The zero-order valence-electron chi connectivity index (χ0n) is 17.5. The molecule has 1 aromatic heterocycles. The Balaban J connectivity index is 0.000000156. The van der Waals surface area contributed by atoms with Crippen molar-refractivity contribution >= 4 is 28.3 Å². The zero-order chi connectivity index (χ0) is 20.9. The summed E-state index contributed by atoms with van der Waals surface area (Å²) in [6.07, 6.45) is 6.78. The summed E-state index contributed by atoms with van der Waals surface area (Å²) in [6.45, 7) is 4.04. The number of aryl methyl sites for hydroxylation is 3. The SMILES string of the molecule is CCOC(=O)C(=O)CN1CCCc2ccccc21.c1cc2c3c(c1)ccn3CCC2. The minimum absolute atomic E-state index is 0.107. The zero-order valence-corrected chi connectivity index (χ0v) is 17.5. The number of esters is 1. The number of nitrogens with zero attached hydrogens (tertiary/aromatic N) is 2. The number of para-hydroxylation sites is 2. The maximum atomic E-state index is 11.7. The molecule has 0 saturated heterocycles. The second-order valence-corrected chi connectivity index (χ2v) is 7.77. The number of aromatic nitrogens is 1. The van der Waals surface area contributed by atoms with Crippen molar-refractivity contribution in [3.05, 3.63) is 65.9 Å². The maximum absolute atomic E-state index is 11.7. The summed E-state index contributed by atoms with van der Waals surface area (Å²) in [5.74, 6) is -1.21. The first-order valence-corrected chi connectivity index (χ1v) is 10.8. The number of anilines is 1. The van der Waals surface area contributed by atoms with E-state index < -0.39 is 11.8 Å². The van der Waals surface area contributed by atoms with E-state index in [0.717, 1.165) is 25.1 Å². The molecule has 2 aliphatic heterocycles. The monoisotopic (exact) mass is 404 g/mol. The molecule has 0 bridgehead atoms. The summed E-state index contributed by atoms with van der Waals surface area (Å²) < 4.78 is 7.09. The first-order valence-electron chi connectivity index (χ1n) is 10.8. The van der Waals surface area contributed by atoms with Crippen LogP contribution in [-0.4, -0.2) is 36.0 Å². The van der Waals surface area contributed by atoms with Gasteiger partial charge in [-0.2, -0.15) is 0 Å². The van der Waals surface area contributed by atoms with Crippen LogP contribution in [0.5, 0.6) is 0 Å². The van der Waals surface area contributed by atoms with E-state index in [9.17, 15) is 9.59 Å². The van der Waals surface area contributed by atoms with Crippen LogP contribution >= 0.6 is 0 Å². The summed E-state index contributed by atoms with van der Waals surface area (Å²) in [5.41, 5.74) is 5.27. The van der Waals surface area contributed by atoms with Crippen LogP contribution in [0.4, 0.5) is 5.69 Å². The molecule has 30 heavy (non-hydrogen) atoms. The molecule has 0 spiro atoms. The molecule has 5 nitrogen and oxygen atoms in total. The first kappa shape index (κ1) is 20.2. The van der Waals surface area contributed by atoms with Crippen molar-refractivity contribution < 1.29 is 14.3 Å². The minimum atomic E-state index is -0.736. The van der Waals surface area contributed by atoms with Gasteiger partial charge in [-0.1, -0.05) is 36.4 Å². The average Bonchev–Trinajstić information content (AvgIpc) is 3.20. The Labute approximate surface area is 177 Å². The normalized spacial score (nSPS) is 14.5. The molecule has 3 heterocycles. The fourth-order valence-corrected chi connectivity index (χ4v) is 4.39. The number of hydrogen-bond donors (Lipinski definition) is 0. The molecule has 0 N–H and O–H groups in total. The molecular weight excluding hydrogens is 376 g/mol. The van der Waals surface area contributed by atoms with Crippen molar-refractivity contribution in [2.75, 3.05) is 24.6 Å². The Morgan fingerprint density at radius 3 is 2.57 bits per heavy atom. The molecule has 2 aromatic carbocycles. The summed E-state index contributed by atoms with van der Waals surface area (Å²) >= 11 is 0. The van der Waals surface area contributed by atoms with Crippen LogP contribution in [0.15, 0.2) is 54.7 Å². The smallest absolute Gasteiger partial charge is 0.376 e. The molecule has 5 rings (SSSR count). The molecule has 0 unspecified atom stereocenters. The van der Waals surface area contributed by atoms with Crippen LogP contribution in [0, 0.1) is 0 Å². The average molecular weight is 405 g/mol. The van der Waals surface area contributed by atoms with Crippen molar-refractivity contribution in [3.8, 4) is 0 Å². The predicted molar refractivity (Wildman–Crippen MR) is 119 cm³/mol. The van der Waals surface area contributed by atoms with Crippen molar-refractivity contribution in [2.24, 2.45) is 0 Å². The van der Waals surface area contributed by atoms with E-state index in [1.54, 1.807) is 6.92 Å². The Kier molecular flexibility index (Phi) is 6.17. The molecule has 0 radical (unpaired) electrons. The van der Waals surface area contributed by atoms with Crippen molar-refractivity contribution in [1.29, 1.82) is 0 Å². The number of carbonyl (C=O) groups is 2.